The third-order valence-electron chi connectivity index (χ3n) is 1.99. The molecule has 0 unspecified atom stereocenters. The van der Waals surface area contributed by atoms with Crippen LogP contribution in [0.15, 0.2) is 6.07 Å². The van der Waals surface area contributed by atoms with Gasteiger partial charge in [0, 0.05) is 19.2 Å². The molecule has 1 aromatic heterocycles. The quantitative estimate of drug-likeness (QED) is 0.647. The van der Waals surface area contributed by atoms with Gasteiger partial charge in [-0.3, -0.25) is 0 Å². The summed E-state index contributed by atoms with van der Waals surface area (Å²) in [4.78, 5) is 6.80. The molecular formula is C11H15ClF3N3O. The SMILES string of the molecule is CC(C)COCCNc1cc(C(F)(F)F)nc(Cl)n1. The minimum atomic E-state index is -4.54. The van der Waals surface area contributed by atoms with Gasteiger partial charge < -0.3 is 10.1 Å². The number of aromatic nitrogens is 2. The largest absolute Gasteiger partial charge is 0.433 e. The molecule has 0 aliphatic rings. The summed E-state index contributed by atoms with van der Waals surface area (Å²) in [6, 6.07) is 0.814. The average molecular weight is 298 g/mol. The lowest BCUT2D eigenvalue weighted by atomic mass is 10.2. The molecule has 0 saturated heterocycles. The van der Waals surface area contributed by atoms with Gasteiger partial charge in [0.05, 0.1) is 6.61 Å². The van der Waals surface area contributed by atoms with Crippen LogP contribution in [0.3, 0.4) is 0 Å². The van der Waals surface area contributed by atoms with Crippen LogP contribution in [0.1, 0.15) is 19.5 Å². The second kappa shape index (κ2) is 6.91. The maximum Gasteiger partial charge on any atom is 0.433 e. The second-order valence-electron chi connectivity index (χ2n) is 4.30. The molecule has 0 atom stereocenters. The highest BCUT2D eigenvalue weighted by Gasteiger charge is 2.33. The molecule has 1 rings (SSSR count). The molecule has 0 aliphatic carbocycles. The molecule has 8 heteroatoms. The van der Waals surface area contributed by atoms with E-state index in [9.17, 15) is 13.2 Å². The molecule has 1 aromatic rings. The molecule has 1 heterocycles. The monoisotopic (exact) mass is 297 g/mol. The third kappa shape index (κ3) is 6.07. The van der Waals surface area contributed by atoms with Gasteiger partial charge in [0.15, 0.2) is 5.69 Å². The highest BCUT2D eigenvalue weighted by molar-refractivity contribution is 6.28. The molecular weight excluding hydrogens is 283 g/mol. The predicted octanol–water partition coefficient (Wildman–Crippen LogP) is 3.23. The van der Waals surface area contributed by atoms with Gasteiger partial charge in [0.2, 0.25) is 5.28 Å². The van der Waals surface area contributed by atoms with E-state index in [1.165, 1.54) is 0 Å². The molecule has 108 valence electrons. The first-order chi connectivity index (χ1) is 8.79. The van der Waals surface area contributed by atoms with Gasteiger partial charge in [-0.2, -0.15) is 13.2 Å². The summed E-state index contributed by atoms with van der Waals surface area (Å²) in [6.45, 7) is 5.33. The van der Waals surface area contributed by atoms with Crippen LogP contribution in [-0.2, 0) is 10.9 Å². The van der Waals surface area contributed by atoms with Crippen LogP contribution in [0.4, 0.5) is 19.0 Å². The Morgan fingerprint density at radius 1 is 1.37 bits per heavy atom. The van der Waals surface area contributed by atoms with Gasteiger partial charge in [-0.15, -0.1) is 0 Å². The van der Waals surface area contributed by atoms with E-state index < -0.39 is 17.2 Å². The van der Waals surface area contributed by atoms with Crippen molar-refractivity contribution in [3.05, 3.63) is 17.0 Å². The maximum absolute atomic E-state index is 12.5. The van der Waals surface area contributed by atoms with Crippen molar-refractivity contribution in [1.29, 1.82) is 0 Å². The number of anilines is 1. The van der Waals surface area contributed by atoms with Gasteiger partial charge in [-0.05, 0) is 17.5 Å². The molecule has 0 bridgehead atoms. The molecule has 0 aliphatic heterocycles. The van der Waals surface area contributed by atoms with Crippen molar-refractivity contribution in [3.63, 3.8) is 0 Å². The minimum Gasteiger partial charge on any atom is -0.379 e. The van der Waals surface area contributed by atoms with Crippen LogP contribution in [-0.4, -0.2) is 29.7 Å². The average Bonchev–Trinajstić information content (AvgIpc) is 2.26. The summed E-state index contributed by atoms with van der Waals surface area (Å²) in [6.07, 6.45) is -4.54. The van der Waals surface area contributed by atoms with Crippen LogP contribution >= 0.6 is 11.6 Å². The van der Waals surface area contributed by atoms with E-state index in [2.05, 4.69) is 15.3 Å². The summed E-state index contributed by atoms with van der Waals surface area (Å²) in [5.41, 5.74) is -1.07. The Labute approximate surface area is 114 Å². The maximum atomic E-state index is 12.5. The van der Waals surface area contributed by atoms with Crippen LogP contribution in [0.2, 0.25) is 5.28 Å². The first kappa shape index (κ1) is 16.0. The molecule has 19 heavy (non-hydrogen) atoms. The Morgan fingerprint density at radius 3 is 2.63 bits per heavy atom. The molecule has 1 N–H and O–H groups in total. The Kier molecular flexibility index (Phi) is 5.81. The lowest BCUT2D eigenvalue weighted by Gasteiger charge is -2.10. The summed E-state index contributed by atoms with van der Waals surface area (Å²) in [7, 11) is 0. The molecule has 0 spiro atoms. The number of hydrogen-bond donors (Lipinski definition) is 1. The van der Waals surface area contributed by atoms with Crippen molar-refractivity contribution in [2.45, 2.75) is 20.0 Å². The van der Waals surface area contributed by atoms with E-state index in [4.69, 9.17) is 16.3 Å². The summed E-state index contributed by atoms with van der Waals surface area (Å²) >= 11 is 5.44. The topological polar surface area (TPSA) is 47.0 Å². The zero-order chi connectivity index (χ0) is 14.5. The fraction of sp³-hybridized carbons (Fsp3) is 0.636. The Morgan fingerprint density at radius 2 is 2.05 bits per heavy atom. The van der Waals surface area contributed by atoms with Crippen LogP contribution in [0, 0.1) is 5.92 Å². The summed E-state index contributed by atoms with van der Waals surface area (Å²) in [5, 5.41) is 2.27. The molecule has 4 nitrogen and oxygen atoms in total. The van der Waals surface area contributed by atoms with E-state index in [1.807, 2.05) is 13.8 Å². The van der Waals surface area contributed by atoms with Crippen molar-refractivity contribution in [3.8, 4) is 0 Å². The second-order valence-corrected chi connectivity index (χ2v) is 4.64. The summed E-state index contributed by atoms with van der Waals surface area (Å²) < 4.78 is 42.7. The Bertz CT molecular complexity index is 413. The van der Waals surface area contributed by atoms with Gasteiger partial charge >= 0.3 is 6.18 Å². The first-order valence-electron chi connectivity index (χ1n) is 5.72. The number of nitrogens with one attached hydrogen (secondary N) is 1. The zero-order valence-corrected chi connectivity index (χ0v) is 11.3. The Hall–Kier alpha value is -1.08. The van der Waals surface area contributed by atoms with Gasteiger partial charge in [-0.1, -0.05) is 13.8 Å². The predicted molar refractivity (Wildman–Crippen MR) is 66.2 cm³/mol. The zero-order valence-electron chi connectivity index (χ0n) is 10.6. The normalized spacial score (nSPS) is 11.9. The number of hydrogen-bond acceptors (Lipinski definition) is 4. The molecule has 0 fully saturated rings. The van der Waals surface area contributed by atoms with Crippen molar-refractivity contribution < 1.29 is 17.9 Å². The lowest BCUT2D eigenvalue weighted by Crippen LogP contribution is -2.15. The molecule has 0 aromatic carbocycles. The van der Waals surface area contributed by atoms with Gasteiger partial charge in [0.25, 0.3) is 0 Å². The van der Waals surface area contributed by atoms with Crippen LogP contribution < -0.4 is 5.32 Å². The van der Waals surface area contributed by atoms with E-state index in [0.717, 1.165) is 6.07 Å². The van der Waals surface area contributed by atoms with Crippen molar-refractivity contribution in [2.24, 2.45) is 5.92 Å². The fourth-order valence-electron chi connectivity index (χ4n) is 1.22. The van der Waals surface area contributed by atoms with Crippen LogP contribution in [0.5, 0.6) is 0 Å². The highest BCUT2D eigenvalue weighted by atomic mass is 35.5. The molecule has 0 radical (unpaired) electrons. The van der Waals surface area contributed by atoms with E-state index in [1.54, 1.807) is 0 Å². The van der Waals surface area contributed by atoms with E-state index in [0.29, 0.717) is 25.7 Å². The lowest BCUT2D eigenvalue weighted by molar-refractivity contribution is -0.141. The van der Waals surface area contributed by atoms with Gasteiger partial charge in [0.1, 0.15) is 5.82 Å². The van der Waals surface area contributed by atoms with Crippen molar-refractivity contribution in [1.82, 2.24) is 9.97 Å². The smallest absolute Gasteiger partial charge is 0.379 e. The number of halogens is 4. The van der Waals surface area contributed by atoms with E-state index >= 15 is 0 Å². The number of nitrogens with zero attached hydrogens (tertiary/aromatic N) is 2. The molecule has 0 saturated carbocycles. The standard InChI is InChI=1S/C11H15ClF3N3O/c1-7(2)6-19-4-3-16-9-5-8(11(13,14)15)17-10(12)18-9/h5,7H,3-4,6H2,1-2H3,(H,16,17,18). The van der Waals surface area contributed by atoms with Crippen LogP contribution in [0.25, 0.3) is 0 Å². The third-order valence-corrected chi connectivity index (χ3v) is 2.16. The Balaban J connectivity index is 2.52. The highest BCUT2D eigenvalue weighted by Crippen LogP contribution is 2.29. The summed E-state index contributed by atoms with van der Waals surface area (Å²) in [5.74, 6) is 0.436. The minimum absolute atomic E-state index is 0.0282. The number of ether oxygens (including phenoxy) is 1. The van der Waals surface area contributed by atoms with E-state index in [-0.39, 0.29) is 5.82 Å². The number of rotatable bonds is 6. The first-order valence-corrected chi connectivity index (χ1v) is 6.10. The number of alkyl halides is 3. The van der Waals surface area contributed by atoms with Gasteiger partial charge in [-0.25, -0.2) is 9.97 Å². The van der Waals surface area contributed by atoms with Crippen molar-refractivity contribution in [2.75, 3.05) is 25.1 Å². The molecule has 0 amide bonds. The fourth-order valence-corrected chi connectivity index (χ4v) is 1.41. The van der Waals surface area contributed by atoms with Crippen molar-refractivity contribution >= 4 is 17.4 Å².